The van der Waals surface area contributed by atoms with Crippen molar-refractivity contribution in [2.75, 3.05) is 37.5 Å². The third-order valence-corrected chi connectivity index (χ3v) is 4.94. The molecular weight excluding hydrogens is 418 g/mol. The van der Waals surface area contributed by atoms with Crippen LogP contribution in [0.25, 0.3) is 0 Å². The molecule has 0 fully saturated rings. The van der Waals surface area contributed by atoms with Gasteiger partial charge in [0, 0.05) is 24.0 Å². The summed E-state index contributed by atoms with van der Waals surface area (Å²) in [5.41, 5.74) is 3.00. The largest absolute Gasteiger partial charge is 0.491 e. The number of nitrogens with one attached hydrogen (secondary N) is 3. The van der Waals surface area contributed by atoms with E-state index in [0.717, 1.165) is 17.0 Å². The number of amides is 2. The molecule has 0 saturated heterocycles. The summed E-state index contributed by atoms with van der Waals surface area (Å²) >= 11 is 0. The minimum Gasteiger partial charge on any atom is -0.491 e. The minimum atomic E-state index is -0.190. The zero-order valence-corrected chi connectivity index (χ0v) is 18.8. The molecule has 0 aliphatic heterocycles. The van der Waals surface area contributed by atoms with Gasteiger partial charge in [0.25, 0.3) is 5.91 Å². The third kappa shape index (κ3) is 7.66. The second kappa shape index (κ2) is 12.3. The van der Waals surface area contributed by atoms with E-state index < -0.39 is 0 Å². The highest BCUT2D eigenvalue weighted by molar-refractivity contribution is 5.96. The average Bonchev–Trinajstić information content (AvgIpc) is 2.84. The fourth-order valence-electron chi connectivity index (χ4n) is 3.11. The van der Waals surface area contributed by atoms with Crippen LogP contribution in [-0.4, -0.2) is 38.7 Å². The second-order valence-corrected chi connectivity index (χ2v) is 7.45. The molecule has 0 spiro atoms. The molecule has 0 saturated carbocycles. The maximum Gasteiger partial charge on any atom is 0.251 e. The molecule has 0 aliphatic carbocycles. The van der Waals surface area contributed by atoms with Crippen molar-refractivity contribution in [1.29, 1.82) is 0 Å². The van der Waals surface area contributed by atoms with E-state index in [1.165, 1.54) is 0 Å². The van der Waals surface area contributed by atoms with Crippen LogP contribution in [0.4, 0.5) is 11.4 Å². The van der Waals surface area contributed by atoms with Crippen molar-refractivity contribution >= 4 is 23.2 Å². The quantitative estimate of drug-likeness (QED) is 0.383. The van der Waals surface area contributed by atoms with Crippen LogP contribution in [-0.2, 0) is 9.53 Å². The van der Waals surface area contributed by atoms with Gasteiger partial charge in [-0.1, -0.05) is 30.3 Å². The van der Waals surface area contributed by atoms with E-state index in [2.05, 4.69) is 16.0 Å². The fraction of sp³-hybridized carbons (Fsp3) is 0.231. The molecule has 33 heavy (non-hydrogen) atoms. The van der Waals surface area contributed by atoms with Crippen LogP contribution in [0.5, 0.6) is 5.75 Å². The minimum absolute atomic E-state index is 0.102. The maximum atomic E-state index is 12.5. The van der Waals surface area contributed by atoms with Crippen LogP contribution in [0, 0.1) is 0 Å². The van der Waals surface area contributed by atoms with Gasteiger partial charge in [0.15, 0.2) is 0 Å². The molecule has 1 unspecified atom stereocenters. The lowest BCUT2D eigenvalue weighted by atomic mass is 10.1. The molecule has 0 bridgehead atoms. The fourth-order valence-corrected chi connectivity index (χ4v) is 3.11. The SMILES string of the molecule is COCCOc1ccc(NCC(=O)Nc2ccc(C(=O)NC(C)c3ccccc3)cc2)cc1. The van der Waals surface area contributed by atoms with Crippen molar-refractivity contribution in [3.8, 4) is 5.75 Å². The number of anilines is 2. The Balaban J connectivity index is 1.44. The first-order chi connectivity index (χ1) is 16.0. The van der Waals surface area contributed by atoms with Crippen molar-refractivity contribution in [2.45, 2.75) is 13.0 Å². The third-order valence-electron chi connectivity index (χ3n) is 4.94. The molecule has 0 aromatic heterocycles. The summed E-state index contributed by atoms with van der Waals surface area (Å²) < 4.78 is 10.5. The number of hydrogen-bond acceptors (Lipinski definition) is 5. The van der Waals surface area contributed by atoms with Crippen LogP contribution in [0.3, 0.4) is 0 Å². The molecule has 7 nitrogen and oxygen atoms in total. The molecule has 172 valence electrons. The summed E-state index contributed by atoms with van der Waals surface area (Å²) in [5.74, 6) is 0.384. The number of ether oxygens (including phenoxy) is 2. The van der Waals surface area contributed by atoms with Gasteiger partial charge < -0.3 is 25.4 Å². The van der Waals surface area contributed by atoms with Gasteiger partial charge in [-0.3, -0.25) is 9.59 Å². The monoisotopic (exact) mass is 447 g/mol. The molecule has 0 heterocycles. The summed E-state index contributed by atoms with van der Waals surface area (Å²) in [6.45, 7) is 3.06. The lowest BCUT2D eigenvalue weighted by Crippen LogP contribution is -2.26. The first-order valence-electron chi connectivity index (χ1n) is 10.8. The number of carbonyl (C=O) groups excluding carboxylic acids is 2. The molecule has 3 aromatic rings. The molecule has 0 radical (unpaired) electrons. The lowest BCUT2D eigenvalue weighted by Gasteiger charge is -2.14. The Morgan fingerprint density at radius 3 is 2.18 bits per heavy atom. The topological polar surface area (TPSA) is 88.7 Å². The van der Waals surface area contributed by atoms with Crippen LogP contribution in [0.1, 0.15) is 28.9 Å². The van der Waals surface area contributed by atoms with Crippen molar-refractivity contribution in [3.05, 3.63) is 90.0 Å². The van der Waals surface area contributed by atoms with Gasteiger partial charge in [-0.2, -0.15) is 0 Å². The normalized spacial score (nSPS) is 11.3. The number of methoxy groups -OCH3 is 1. The summed E-state index contributed by atoms with van der Waals surface area (Å²) in [5, 5.41) is 8.87. The molecule has 1 atom stereocenters. The number of benzene rings is 3. The lowest BCUT2D eigenvalue weighted by molar-refractivity contribution is -0.114. The van der Waals surface area contributed by atoms with Gasteiger partial charge in [-0.15, -0.1) is 0 Å². The van der Waals surface area contributed by atoms with Gasteiger partial charge in [-0.25, -0.2) is 0 Å². The van der Waals surface area contributed by atoms with Gasteiger partial charge in [0.2, 0.25) is 5.91 Å². The van der Waals surface area contributed by atoms with Gasteiger partial charge >= 0.3 is 0 Å². The van der Waals surface area contributed by atoms with E-state index in [-0.39, 0.29) is 24.4 Å². The first kappa shape index (κ1) is 23.8. The average molecular weight is 448 g/mol. The highest BCUT2D eigenvalue weighted by Crippen LogP contribution is 2.16. The van der Waals surface area contributed by atoms with Gasteiger partial charge in [-0.05, 0) is 61.0 Å². The van der Waals surface area contributed by atoms with E-state index in [1.54, 1.807) is 31.4 Å². The summed E-state index contributed by atoms with van der Waals surface area (Å²) in [4.78, 5) is 24.8. The first-order valence-corrected chi connectivity index (χ1v) is 10.8. The Morgan fingerprint density at radius 2 is 1.52 bits per heavy atom. The van der Waals surface area contributed by atoms with Crippen molar-refractivity contribution < 1.29 is 19.1 Å². The highest BCUT2D eigenvalue weighted by Gasteiger charge is 2.11. The van der Waals surface area contributed by atoms with Crippen LogP contribution >= 0.6 is 0 Å². The number of hydrogen-bond donors (Lipinski definition) is 3. The molecule has 3 rings (SSSR count). The number of carbonyl (C=O) groups is 2. The van der Waals surface area contributed by atoms with Crippen LogP contribution < -0.4 is 20.7 Å². The summed E-state index contributed by atoms with van der Waals surface area (Å²) in [7, 11) is 1.63. The van der Waals surface area contributed by atoms with Crippen molar-refractivity contribution in [2.24, 2.45) is 0 Å². The molecule has 7 heteroatoms. The summed E-state index contributed by atoms with van der Waals surface area (Å²) in [6.07, 6.45) is 0. The molecule has 0 aliphatic rings. The maximum absolute atomic E-state index is 12.5. The Bertz CT molecular complexity index is 1020. The van der Waals surface area contributed by atoms with E-state index in [9.17, 15) is 9.59 Å². The van der Waals surface area contributed by atoms with E-state index >= 15 is 0 Å². The van der Waals surface area contributed by atoms with E-state index in [4.69, 9.17) is 9.47 Å². The van der Waals surface area contributed by atoms with Crippen LogP contribution in [0.2, 0.25) is 0 Å². The number of rotatable bonds is 11. The predicted molar refractivity (Wildman–Crippen MR) is 130 cm³/mol. The van der Waals surface area contributed by atoms with E-state index in [1.807, 2.05) is 61.5 Å². The molecule has 3 N–H and O–H groups in total. The molecule has 3 aromatic carbocycles. The Morgan fingerprint density at radius 1 is 0.848 bits per heavy atom. The van der Waals surface area contributed by atoms with E-state index in [0.29, 0.717) is 24.5 Å². The van der Waals surface area contributed by atoms with Gasteiger partial charge in [0.05, 0.1) is 19.2 Å². The second-order valence-electron chi connectivity index (χ2n) is 7.45. The summed E-state index contributed by atoms with van der Waals surface area (Å²) in [6, 6.07) is 23.8. The zero-order valence-electron chi connectivity index (χ0n) is 18.8. The zero-order chi connectivity index (χ0) is 23.5. The molecular formula is C26H29N3O4. The van der Waals surface area contributed by atoms with Crippen molar-refractivity contribution in [3.63, 3.8) is 0 Å². The highest BCUT2D eigenvalue weighted by atomic mass is 16.5. The predicted octanol–water partition coefficient (Wildman–Crippen LogP) is 4.25. The van der Waals surface area contributed by atoms with Crippen molar-refractivity contribution in [1.82, 2.24) is 5.32 Å². The Hall–Kier alpha value is -3.84. The standard InChI is InChI=1S/C26H29N3O4/c1-19(20-6-4-3-5-7-20)28-26(31)21-8-10-23(11-9-21)29-25(30)18-27-22-12-14-24(15-13-22)33-17-16-32-2/h3-15,19,27H,16-18H2,1-2H3,(H,28,31)(H,29,30). The Labute approximate surface area is 194 Å². The Kier molecular flexibility index (Phi) is 8.85. The smallest absolute Gasteiger partial charge is 0.251 e. The molecule has 2 amide bonds. The van der Waals surface area contributed by atoms with Crippen LogP contribution in [0.15, 0.2) is 78.9 Å². The van der Waals surface area contributed by atoms with Gasteiger partial charge in [0.1, 0.15) is 12.4 Å².